The SMILES string of the molecule is CCC(C)CC(C)OC(=O)CCCCCC(C)(CC)OC(=O)NCCOC(=O)C(C)(C=C(C)C)C(C)C. The average molecular weight is 526 g/mol. The van der Waals surface area contributed by atoms with Gasteiger partial charge in [0.15, 0.2) is 0 Å². The van der Waals surface area contributed by atoms with Crippen LogP contribution in [-0.2, 0) is 23.8 Å². The lowest BCUT2D eigenvalue weighted by Gasteiger charge is -2.29. The molecule has 7 nitrogen and oxygen atoms in total. The Morgan fingerprint density at radius 2 is 1.62 bits per heavy atom. The summed E-state index contributed by atoms with van der Waals surface area (Å²) in [4.78, 5) is 37.0. The molecule has 1 amide bonds. The number of rotatable bonds is 18. The highest BCUT2D eigenvalue weighted by Crippen LogP contribution is 2.31. The summed E-state index contributed by atoms with van der Waals surface area (Å²) >= 11 is 0. The molecule has 0 saturated carbocycles. The summed E-state index contributed by atoms with van der Waals surface area (Å²) in [6, 6.07) is 0. The van der Waals surface area contributed by atoms with Crippen LogP contribution in [0.2, 0.25) is 0 Å². The molecule has 0 radical (unpaired) electrons. The summed E-state index contributed by atoms with van der Waals surface area (Å²) in [5.74, 6) is 0.197. The standard InChI is InChI=1S/C30H55NO6/c1-11-24(7)20-25(8)36-26(32)16-14-13-15-17-29(9,12-2)37-28(34)31-18-19-35-27(33)30(10,23(5)6)21-22(3)4/h21,23-25H,11-20H2,1-10H3,(H,31,34). The molecule has 0 aromatic carbocycles. The first-order chi connectivity index (χ1) is 17.2. The van der Waals surface area contributed by atoms with E-state index in [1.165, 1.54) is 0 Å². The first-order valence-electron chi connectivity index (χ1n) is 14.2. The number of hydrogen-bond acceptors (Lipinski definition) is 6. The summed E-state index contributed by atoms with van der Waals surface area (Å²) in [6.45, 7) is 20.2. The fourth-order valence-corrected chi connectivity index (χ4v) is 4.08. The molecule has 0 aliphatic carbocycles. The van der Waals surface area contributed by atoms with Gasteiger partial charge in [-0.2, -0.15) is 0 Å². The van der Waals surface area contributed by atoms with Crippen LogP contribution < -0.4 is 5.32 Å². The van der Waals surface area contributed by atoms with Crippen LogP contribution in [0.4, 0.5) is 4.79 Å². The molecule has 0 aromatic heterocycles. The van der Waals surface area contributed by atoms with Crippen molar-refractivity contribution in [2.24, 2.45) is 17.3 Å². The van der Waals surface area contributed by atoms with Crippen molar-refractivity contribution in [1.82, 2.24) is 5.32 Å². The number of unbranched alkanes of at least 4 members (excludes halogenated alkanes) is 2. The molecule has 0 fully saturated rings. The number of ether oxygens (including phenoxy) is 3. The van der Waals surface area contributed by atoms with E-state index in [0.29, 0.717) is 25.2 Å². The van der Waals surface area contributed by atoms with Gasteiger partial charge in [-0.25, -0.2) is 4.79 Å². The van der Waals surface area contributed by atoms with Gasteiger partial charge < -0.3 is 19.5 Å². The molecule has 0 saturated heterocycles. The van der Waals surface area contributed by atoms with Crippen LogP contribution in [0.15, 0.2) is 11.6 Å². The van der Waals surface area contributed by atoms with Gasteiger partial charge in [-0.05, 0) is 78.6 Å². The van der Waals surface area contributed by atoms with Gasteiger partial charge in [0.1, 0.15) is 12.2 Å². The first kappa shape index (κ1) is 35.0. The quantitative estimate of drug-likeness (QED) is 0.0869. The van der Waals surface area contributed by atoms with Gasteiger partial charge in [-0.15, -0.1) is 0 Å². The fraction of sp³-hybridized carbons (Fsp3) is 0.833. The van der Waals surface area contributed by atoms with Gasteiger partial charge in [0.25, 0.3) is 0 Å². The third-order valence-electron chi connectivity index (χ3n) is 7.27. The van der Waals surface area contributed by atoms with Crippen LogP contribution in [0, 0.1) is 17.3 Å². The van der Waals surface area contributed by atoms with Crippen LogP contribution in [0.25, 0.3) is 0 Å². The Morgan fingerprint density at radius 3 is 2.16 bits per heavy atom. The number of carbonyl (C=O) groups excluding carboxylic acids is 3. The van der Waals surface area contributed by atoms with Crippen LogP contribution in [0.5, 0.6) is 0 Å². The normalized spacial score (nSPS) is 16.1. The van der Waals surface area contributed by atoms with Crippen molar-refractivity contribution < 1.29 is 28.6 Å². The number of amides is 1. The molecule has 4 unspecified atom stereocenters. The third kappa shape index (κ3) is 14.5. The van der Waals surface area contributed by atoms with E-state index in [0.717, 1.165) is 37.7 Å². The van der Waals surface area contributed by atoms with Crippen molar-refractivity contribution in [3.05, 3.63) is 11.6 Å². The van der Waals surface area contributed by atoms with Crippen molar-refractivity contribution in [3.63, 3.8) is 0 Å². The predicted octanol–water partition coefficient (Wildman–Crippen LogP) is 7.37. The molecule has 0 aromatic rings. The second kappa shape index (κ2) is 17.5. The van der Waals surface area contributed by atoms with Crippen molar-refractivity contribution in [2.45, 2.75) is 132 Å². The third-order valence-corrected chi connectivity index (χ3v) is 7.27. The molecule has 0 aliphatic rings. The molecule has 4 atom stereocenters. The van der Waals surface area contributed by atoms with Gasteiger partial charge in [0, 0.05) is 6.42 Å². The second-order valence-electron chi connectivity index (χ2n) is 11.5. The summed E-state index contributed by atoms with van der Waals surface area (Å²) in [5, 5.41) is 2.69. The highest BCUT2D eigenvalue weighted by Gasteiger charge is 2.36. The maximum absolute atomic E-state index is 12.6. The Labute approximate surface area is 226 Å². The minimum atomic E-state index is -0.706. The molecule has 7 heteroatoms. The molecule has 216 valence electrons. The minimum absolute atomic E-state index is 0.0432. The Bertz CT molecular complexity index is 730. The van der Waals surface area contributed by atoms with Crippen molar-refractivity contribution in [1.29, 1.82) is 0 Å². The largest absolute Gasteiger partial charge is 0.463 e. The zero-order valence-electron chi connectivity index (χ0n) is 25.3. The molecule has 0 rings (SSSR count). The number of carbonyl (C=O) groups is 3. The van der Waals surface area contributed by atoms with Gasteiger partial charge in [0.2, 0.25) is 0 Å². The predicted molar refractivity (Wildman–Crippen MR) is 149 cm³/mol. The molecule has 0 spiro atoms. The van der Waals surface area contributed by atoms with Crippen LogP contribution >= 0.6 is 0 Å². The highest BCUT2D eigenvalue weighted by molar-refractivity contribution is 5.79. The van der Waals surface area contributed by atoms with Gasteiger partial charge >= 0.3 is 18.0 Å². The molecule has 37 heavy (non-hydrogen) atoms. The van der Waals surface area contributed by atoms with Gasteiger partial charge in [-0.3, -0.25) is 9.59 Å². The summed E-state index contributed by atoms with van der Waals surface area (Å²) in [5.41, 5.74) is -0.241. The number of allylic oxidation sites excluding steroid dienone is 1. The fourth-order valence-electron chi connectivity index (χ4n) is 4.08. The Balaban J connectivity index is 4.35. The lowest BCUT2D eigenvalue weighted by molar-refractivity contribution is -0.154. The Kier molecular flexibility index (Phi) is 16.5. The maximum Gasteiger partial charge on any atom is 0.407 e. The van der Waals surface area contributed by atoms with Crippen molar-refractivity contribution in [2.75, 3.05) is 13.2 Å². The summed E-state index contributed by atoms with van der Waals surface area (Å²) in [6.07, 6.45) is 7.63. The van der Waals surface area contributed by atoms with E-state index in [4.69, 9.17) is 14.2 Å². The van der Waals surface area contributed by atoms with E-state index in [9.17, 15) is 14.4 Å². The number of esters is 2. The average Bonchev–Trinajstić information content (AvgIpc) is 2.80. The molecular formula is C30H55NO6. The second-order valence-corrected chi connectivity index (χ2v) is 11.5. The number of hydrogen-bond donors (Lipinski definition) is 1. The number of alkyl carbamates (subject to hydrolysis) is 1. The Hall–Kier alpha value is -2.05. The first-order valence-corrected chi connectivity index (χ1v) is 14.2. The van der Waals surface area contributed by atoms with E-state index < -0.39 is 17.1 Å². The smallest absolute Gasteiger partial charge is 0.407 e. The molecular weight excluding hydrogens is 470 g/mol. The maximum atomic E-state index is 12.6. The Morgan fingerprint density at radius 1 is 0.973 bits per heavy atom. The zero-order chi connectivity index (χ0) is 28.6. The van der Waals surface area contributed by atoms with Crippen molar-refractivity contribution >= 4 is 18.0 Å². The van der Waals surface area contributed by atoms with Crippen LogP contribution in [0.3, 0.4) is 0 Å². The molecule has 1 N–H and O–H groups in total. The van der Waals surface area contributed by atoms with E-state index in [2.05, 4.69) is 19.2 Å². The van der Waals surface area contributed by atoms with Crippen LogP contribution in [0.1, 0.15) is 121 Å². The van der Waals surface area contributed by atoms with E-state index in [1.54, 1.807) is 0 Å². The summed E-state index contributed by atoms with van der Waals surface area (Å²) < 4.78 is 16.6. The van der Waals surface area contributed by atoms with Crippen LogP contribution in [-0.4, -0.2) is 42.9 Å². The molecule has 0 bridgehead atoms. The van der Waals surface area contributed by atoms with E-state index >= 15 is 0 Å². The molecule has 0 aliphatic heterocycles. The zero-order valence-corrected chi connectivity index (χ0v) is 25.3. The minimum Gasteiger partial charge on any atom is -0.463 e. The van der Waals surface area contributed by atoms with Gasteiger partial charge in [-0.1, -0.05) is 59.1 Å². The topological polar surface area (TPSA) is 90.9 Å². The highest BCUT2D eigenvalue weighted by atomic mass is 16.6. The lowest BCUT2D eigenvalue weighted by atomic mass is 9.78. The van der Waals surface area contributed by atoms with Gasteiger partial charge in [0.05, 0.1) is 18.1 Å². The van der Waals surface area contributed by atoms with E-state index in [1.807, 2.05) is 61.5 Å². The summed E-state index contributed by atoms with van der Waals surface area (Å²) in [7, 11) is 0. The van der Waals surface area contributed by atoms with E-state index in [-0.39, 0.29) is 37.1 Å². The van der Waals surface area contributed by atoms with Crippen molar-refractivity contribution in [3.8, 4) is 0 Å². The monoisotopic (exact) mass is 525 g/mol. The lowest BCUT2D eigenvalue weighted by Crippen LogP contribution is -2.39. The molecule has 0 heterocycles. The number of nitrogens with one attached hydrogen (secondary N) is 1.